The average molecular weight is 184 g/mol. The van der Waals surface area contributed by atoms with E-state index in [4.69, 9.17) is 4.74 Å². The Morgan fingerprint density at radius 3 is 2.92 bits per heavy atom. The summed E-state index contributed by atoms with van der Waals surface area (Å²) < 4.78 is 5.39. The topological polar surface area (TPSA) is 29.5 Å². The van der Waals surface area contributed by atoms with E-state index in [-0.39, 0.29) is 6.10 Å². The van der Waals surface area contributed by atoms with Crippen LogP contribution in [0.15, 0.2) is 0 Å². The third-order valence-electron chi connectivity index (χ3n) is 3.62. The Morgan fingerprint density at radius 2 is 2.38 bits per heavy atom. The van der Waals surface area contributed by atoms with Crippen LogP contribution in [0.3, 0.4) is 0 Å². The Kier molecular flexibility index (Phi) is 2.89. The minimum Gasteiger partial charge on any atom is -0.392 e. The highest BCUT2D eigenvalue weighted by Gasteiger charge is 2.43. The van der Waals surface area contributed by atoms with Crippen LogP contribution in [0.2, 0.25) is 0 Å². The van der Waals surface area contributed by atoms with Gasteiger partial charge >= 0.3 is 0 Å². The maximum absolute atomic E-state index is 10.0. The molecular formula is C11H20O2. The summed E-state index contributed by atoms with van der Waals surface area (Å²) in [5.74, 6) is 1.82. The number of aliphatic hydroxyl groups excluding tert-OH is 1. The zero-order chi connectivity index (χ0) is 9.26. The normalized spacial score (nSPS) is 41.5. The van der Waals surface area contributed by atoms with Gasteiger partial charge in [0.05, 0.1) is 12.7 Å². The maximum Gasteiger partial charge on any atom is 0.0621 e. The fraction of sp³-hybridized carbons (Fsp3) is 1.00. The van der Waals surface area contributed by atoms with Crippen LogP contribution in [0.4, 0.5) is 0 Å². The third-order valence-corrected chi connectivity index (χ3v) is 3.62. The predicted octanol–water partition coefficient (Wildman–Crippen LogP) is 1.82. The largest absolute Gasteiger partial charge is 0.392 e. The Balaban J connectivity index is 1.79. The van der Waals surface area contributed by atoms with Crippen molar-refractivity contribution in [3.63, 3.8) is 0 Å². The molecule has 76 valence electrons. The molecule has 0 bridgehead atoms. The lowest BCUT2D eigenvalue weighted by atomic mass is 9.92. The fourth-order valence-electron chi connectivity index (χ4n) is 2.54. The van der Waals surface area contributed by atoms with Crippen LogP contribution in [0, 0.1) is 17.8 Å². The van der Waals surface area contributed by atoms with E-state index in [1.54, 1.807) is 0 Å². The molecule has 2 rings (SSSR count). The van der Waals surface area contributed by atoms with Crippen molar-refractivity contribution in [2.45, 2.75) is 38.7 Å². The van der Waals surface area contributed by atoms with Gasteiger partial charge in [-0.1, -0.05) is 13.3 Å². The van der Waals surface area contributed by atoms with Crippen LogP contribution in [0.25, 0.3) is 0 Å². The fourth-order valence-corrected chi connectivity index (χ4v) is 2.54. The first kappa shape index (κ1) is 9.47. The molecule has 1 aliphatic carbocycles. The molecule has 4 unspecified atom stereocenters. The highest BCUT2D eigenvalue weighted by molar-refractivity contribution is 4.93. The molecule has 0 amide bonds. The van der Waals surface area contributed by atoms with Crippen LogP contribution in [-0.2, 0) is 4.74 Å². The predicted molar refractivity (Wildman–Crippen MR) is 51.4 cm³/mol. The van der Waals surface area contributed by atoms with E-state index in [0.29, 0.717) is 11.8 Å². The molecule has 1 N–H and O–H groups in total. The van der Waals surface area contributed by atoms with E-state index in [9.17, 15) is 5.11 Å². The van der Waals surface area contributed by atoms with Gasteiger partial charge in [0.2, 0.25) is 0 Å². The van der Waals surface area contributed by atoms with Gasteiger partial charge in [-0.05, 0) is 31.1 Å². The van der Waals surface area contributed by atoms with Crippen molar-refractivity contribution >= 4 is 0 Å². The Hall–Kier alpha value is -0.0800. The number of hydrogen-bond acceptors (Lipinski definition) is 2. The summed E-state index contributed by atoms with van der Waals surface area (Å²) in [6, 6.07) is 0. The van der Waals surface area contributed by atoms with Crippen LogP contribution in [0.1, 0.15) is 32.6 Å². The molecule has 2 fully saturated rings. The Morgan fingerprint density at radius 1 is 1.54 bits per heavy atom. The summed E-state index contributed by atoms with van der Waals surface area (Å²) in [5.41, 5.74) is 0. The first-order valence-corrected chi connectivity index (χ1v) is 5.58. The van der Waals surface area contributed by atoms with Gasteiger partial charge < -0.3 is 9.84 Å². The van der Waals surface area contributed by atoms with Crippen molar-refractivity contribution in [1.29, 1.82) is 0 Å². The molecule has 0 aromatic heterocycles. The molecule has 1 saturated heterocycles. The van der Waals surface area contributed by atoms with E-state index in [1.165, 1.54) is 12.8 Å². The molecule has 2 heteroatoms. The van der Waals surface area contributed by atoms with E-state index in [0.717, 1.165) is 32.0 Å². The zero-order valence-electron chi connectivity index (χ0n) is 8.41. The average Bonchev–Trinajstić information content (AvgIpc) is 2.97. The minimum atomic E-state index is -0.0785. The van der Waals surface area contributed by atoms with Crippen molar-refractivity contribution in [2.75, 3.05) is 13.2 Å². The monoisotopic (exact) mass is 184 g/mol. The lowest BCUT2D eigenvalue weighted by Crippen LogP contribution is -2.30. The lowest BCUT2D eigenvalue weighted by Gasteiger charge is -2.26. The number of ether oxygens (including phenoxy) is 1. The van der Waals surface area contributed by atoms with Crippen LogP contribution in [0.5, 0.6) is 0 Å². The number of aliphatic hydroxyl groups is 1. The number of rotatable bonds is 3. The second-order valence-electron chi connectivity index (χ2n) is 4.54. The van der Waals surface area contributed by atoms with Gasteiger partial charge in [-0.25, -0.2) is 0 Å². The first-order chi connectivity index (χ1) is 6.33. The standard InChI is InChI=1S/C11H20O2/c1-2-8-6-10(8)11(12)9-4-3-5-13-7-9/h8-12H,2-7H2,1H3. The molecular weight excluding hydrogens is 164 g/mol. The lowest BCUT2D eigenvalue weighted by molar-refractivity contribution is -0.0194. The highest BCUT2D eigenvalue weighted by atomic mass is 16.5. The van der Waals surface area contributed by atoms with Crippen LogP contribution >= 0.6 is 0 Å². The molecule has 0 spiro atoms. The molecule has 13 heavy (non-hydrogen) atoms. The second kappa shape index (κ2) is 3.97. The van der Waals surface area contributed by atoms with E-state index in [1.807, 2.05) is 0 Å². The molecule has 0 aromatic carbocycles. The van der Waals surface area contributed by atoms with Gasteiger partial charge in [-0.3, -0.25) is 0 Å². The quantitative estimate of drug-likeness (QED) is 0.725. The van der Waals surface area contributed by atoms with Crippen molar-refractivity contribution in [3.8, 4) is 0 Å². The summed E-state index contributed by atoms with van der Waals surface area (Å²) in [4.78, 5) is 0. The van der Waals surface area contributed by atoms with E-state index in [2.05, 4.69) is 6.92 Å². The molecule has 1 saturated carbocycles. The van der Waals surface area contributed by atoms with Crippen molar-refractivity contribution in [2.24, 2.45) is 17.8 Å². The molecule has 0 radical (unpaired) electrons. The summed E-state index contributed by atoms with van der Waals surface area (Å²) >= 11 is 0. The van der Waals surface area contributed by atoms with Gasteiger partial charge in [0, 0.05) is 12.5 Å². The van der Waals surface area contributed by atoms with Gasteiger partial charge in [0.15, 0.2) is 0 Å². The van der Waals surface area contributed by atoms with E-state index >= 15 is 0 Å². The minimum absolute atomic E-state index is 0.0785. The molecule has 0 aromatic rings. The molecule has 2 nitrogen and oxygen atoms in total. The van der Waals surface area contributed by atoms with Gasteiger partial charge in [0.1, 0.15) is 0 Å². The van der Waals surface area contributed by atoms with Crippen molar-refractivity contribution in [1.82, 2.24) is 0 Å². The van der Waals surface area contributed by atoms with Gasteiger partial charge in [-0.2, -0.15) is 0 Å². The highest BCUT2D eigenvalue weighted by Crippen LogP contribution is 2.46. The smallest absolute Gasteiger partial charge is 0.0621 e. The molecule has 4 atom stereocenters. The van der Waals surface area contributed by atoms with E-state index < -0.39 is 0 Å². The zero-order valence-corrected chi connectivity index (χ0v) is 8.41. The van der Waals surface area contributed by atoms with Gasteiger partial charge in [-0.15, -0.1) is 0 Å². The summed E-state index contributed by atoms with van der Waals surface area (Å²) in [6.45, 7) is 3.90. The van der Waals surface area contributed by atoms with Crippen molar-refractivity contribution < 1.29 is 9.84 Å². The summed E-state index contributed by atoms with van der Waals surface area (Å²) in [5, 5.41) is 10.0. The van der Waals surface area contributed by atoms with Crippen LogP contribution < -0.4 is 0 Å². The third kappa shape index (κ3) is 2.05. The Labute approximate surface area is 80.3 Å². The van der Waals surface area contributed by atoms with Crippen molar-refractivity contribution in [3.05, 3.63) is 0 Å². The SMILES string of the molecule is CCC1CC1C(O)C1CCCOC1. The molecule has 1 heterocycles. The summed E-state index contributed by atoms with van der Waals surface area (Å²) in [6.07, 6.45) is 4.69. The molecule has 1 aliphatic heterocycles. The van der Waals surface area contributed by atoms with Crippen LogP contribution in [-0.4, -0.2) is 24.4 Å². The molecule has 2 aliphatic rings. The summed E-state index contributed by atoms with van der Waals surface area (Å²) in [7, 11) is 0. The Bertz CT molecular complexity index is 163. The first-order valence-electron chi connectivity index (χ1n) is 5.58. The second-order valence-corrected chi connectivity index (χ2v) is 4.54. The van der Waals surface area contributed by atoms with Gasteiger partial charge in [0.25, 0.3) is 0 Å². The maximum atomic E-state index is 10.0. The number of hydrogen-bond donors (Lipinski definition) is 1.